The summed E-state index contributed by atoms with van der Waals surface area (Å²) in [4.78, 5) is 28.6. The van der Waals surface area contributed by atoms with Crippen LogP contribution in [0.25, 0.3) is 0 Å². The van der Waals surface area contributed by atoms with E-state index >= 15 is 0 Å². The number of aromatic nitrogens is 2. The van der Waals surface area contributed by atoms with E-state index in [1.165, 1.54) is 0 Å². The van der Waals surface area contributed by atoms with Crippen LogP contribution < -0.4 is 0 Å². The molecule has 1 aromatic rings. The van der Waals surface area contributed by atoms with Crippen LogP contribution in [0, 0.1) is 11.8 Å². The van der Waals surface area contributed by atoms with Gasteiger partial charge in [-0.1, -0.05) is 0 Å². The van der Waals surface area contributed by atoms with Gasteiger partial charge in [0.2, 0.25) is 11.8 Å². The lowest BCUT2D eigenvalue weighted by Crippen LogP contribution is -2.50. The number of hydrogen-bond donors (Lipinski definition) is 0. The van der Waals surface area contributed by atoms with Crippen LogP contribution in [0.4, 0.5) is 0 Å². The molecule has 6 nitrogen and oxygen atoms in total. The maximum Gasteiger partial charge on any atom is 0.225 e. The molecule has 1 aromatic heterocycles. The molecule has 2 amide bonds. The number of carbonyl (C=O) groups excluding carboxylic acids is 2. The Bertz CT molecular complexity index is 596. The second-order valence-electron chi connectivity index (χ2n) is 7.22. The van der Waals surface area contributed by atoms with Gasteiger partial charge in [0, 0.05) is 44.4 Å². The largest absolute Gasteiger partial charge is 0.342 e. The number of fused-ring (bicyclic) bond motifs is 1. The van der Waals surface area contributed by atoms with Crippen molar-refractivity contribution in [3.8, 4) is 0 Å². The van der Waals surface area contributed by atoms with E-state index < -0.39 is 0 Å². The van der Waals surface area contributed by atoms with Crippen LogP contribution in [0.2, 0.25) is 0 Å². The number of rotatable bonds is 3. The summed E-state index contributed by atoms with van der Waals surface area (Å²) in [6, 6.07) is 2.39. The highest BCUT2D eigenvalue weighted by atomic mass is 16.2. The molecule has 2 aliphatic heterocycles. The molecule has 6 heteroatoms. The highest BCUT2D eigenvalue weighted by Crippen LogP contribution is 2.38. The van der Waals surface area contributed by atoms with Crippen molar-refractivity contribution in [2.24, 2.45) is 11.8 Å². The quantitative estimate of drug-likeness (QED) is 0.840. The summed E-state index contributed by atoms with van der Waals surface area (Å²) in [6.45, 7) is 4.03. The maximum absolute atomic E-state index is 12.3. The van der Waals surface area contributed by atoms with Crippen LogP contribution in [0.15, 0.2) is 18.5 Å². The van der Waals surface area contributed by atoms with Gasteiger partial charge in [0.05, 0.1) is 12.6 Å². The molecule has 1 aliphatic carbocycles. The highest BCUT2D eigenvalue weighted by Gasteiger charge is 2.47. The smallest absolute Gasteiger partial charge is 0.225 e. The van der Waals surface area contributed by atoms with E-state index in [1.807, 2.05) is 21.8 Å². The minimum absolute atomic E-state index is 0.150. The topological polar surface area (TPSA) is 58.4 Å². The predicted molar refractivity (Wildman–Crippen MR) is 84.4 cm³/mol. The first-order valence-electron chi connectivity index (χ1n) is 8.68. The van der Waals surface area contributed by atoms with Crippen molar-refractivity contribution < 1.29 is 9.59 Å². The van der Waals surface area contributed by atoms with Crippen molar-refractivity contribution in [1.82, 2.24) is 19.6 Å². The number of likely N-dealkylation sites (tertiary alicyclic amines) is 2. The molecule has 1 saturated carbocycles. The van der Waals surface area contributed by atoms with Crippen molar-refractivity contribution in [2.75, 3.05) is 13.1 Å². The standard InChI is InChI=1S/C17H24N4O2/c1-12(22)21-15(11-20-7-2-6-18-20)9-14-10-19(8-5-16(14)21)17(23)13-3-4-13/h2,6-7,13-16H,3-5,8-11H2,1H3/t14-,15?,16+/m0/s1. The van der Waals surface area contributed by atoms with E-state index in [2.05, 4.69) is 10.00 Å². The van der Waals surface area contributed by atoms with Gasteiger partial charge in [-0.25, -0.2) is 0 Å². The van der Waals surface area contributed by atoms with Gasteiger partial charge in [0.15, 0.2) is 0 Å². The van der Waals surface area contributed by atoms with Gasteiger partial charge < -0.3 is 9.80 Å². The van der Waals surface area contributed by atoms with Gasteiger partial charge in [0.25, 0.3) is 0 Å². The molecular weight excluding hydrogens is 292 g/mol. The normalized spacial score (nSPS) is 30.4. The molecule has 0 aromatic carbocycles. The average Bonchev–Trinajstić information content (AvgIpc) is 3.13. The molecule has 0 spiro atoms. The van der Waals surface area contributed by atoms with Gasteiger partial charge in [-0.2, -0.15) is 5.10 Å². The monoisotopic (exact) mass is 316 g/mol. The summed E-state index contributed by atoms with van der Waals surface area (Å²) in [6.07, 6.45) is 7.73. The summed E-state index contributed by atoms with van der Waals surface area (Å²) in [5, 5.41) is 4.28. The summed E-state index contributed by atoms with van der Waals surface area (Å²) in [5.41, 5.74) is 0. The van der Waals surface area contributed by atoms with Crippen molar-refractivity contribution in [1.29, 1.82) is 0 Å². The Labute approximate surface area is 136 Å². The molecule has 0 N–H and O–H groups in total. The summed E-state index contributed by atoms with van der Waals surface area (Å²) in [5.74, 6) is 1.19. The molecule has 4 rings (SSSR count). The van der Waals surface area contributed by atoms with Crippen molar-refractivity contribution >= 4 is 11.8 Å². The van der Waals surface area contributed by atoms with Gasteiger partial charge in [-0.05, 0) is 37.7 Å². The van der Waals surface area contributed by atoms with E-state index in [1.54, 1.807) is 13.1 Å². The van der Waals surface area contributed by atoms with Gasteiger partial charge in [-0.3, -0.25) is 14.3 Å². The lowest BCUT2D eigenvalue weighted by atomic mass is 9.91. The molecule has 1 unspecified atom stereocenters. The van der Waals surface area contributed by atoms with Crippen molar-refractivity contribution in [2.45, 2.75) is 51.2 Å². The predicted octanol–water partition coefficient (Wildman–Crippen LogP) is 1.13. The fourth-order valence-electron chi connectivity index (χ4n) is 4.42. The Morgan fingerprint density at radius 1 is 1.26 bits per heavy atom. The SMILES string of the molecule is CC(=O)N1C(Cn2cccn2)C[C@H]2CN(C(=O)C3CC3)CC[C@H]21. The Morgan fingerprint density at radius 2 is 2.09 bits per heavy atom. The number of amides is 2. The average molecular weight is 316 g/mol. The lowest BCUT2D eigenvalue weighted by molar-refractivity contribution is -0.136. The zero-order chi connectivity index (χ0) is 16.0. The Balaban J connectivity index is 1.48. The molecule has 0 radical (unpaired) electrons. The van der Waals surface area contributed by atoms with Crippen LogP contribution in [0.3, 0.4) is 0 Å². The fraction of sp³-hybridized carbons (Fsp3) is 0.706. The van der Waals surface area contributed by atoms with Crippen molar-refractivity contribution in [3.63, 3.8) is 0 Å². The molecule has 3 fully saturated rings. The van der Waals surface area contributed by atoms with E-state index in [9.17, 15) is 9.59 Å². The summed E-state index contributed by atoms with van der Waals surface area (Å²) in [7, 11) is 0. The molecule has 3 atom stereocenters. The zero-order valence-electron chi connectivity index (χ0n) is 13.6. The third kappa shape index (κ3) is 2.75. The van der Waals surface area contributed by atoms with Gasteiger partial charge in [0.1, 0.15) is 0 Å². The number of hydrogen-bond acceptors (Lipinski definition) is 3. The Kier molecular flexibility index (Phi) is 3.62. The molecule has 3 heterocycles. The second kappa shape index (κ2) is 5.65. The minimum atomic E-state index is 0.150. The summed E-state index contributed by atoms with van der Waals surface area (Å²) < 4.78 is 1.91. The molecule has 2 saturated heterocycles. The fourth-order valence-corrected chi connectivity index (χ4v) is 4.42. The van der Waals surface area contributed by atoms with E-state index in [0.29, 0.717) is 11.8 Å². The molecule has 3 aliphatic rings. The van der Waals surface area contributed by atoms with E-state index in [-0.39, 0.29) is 23.9 Å². The number of piperidine rings is 1. The van der Waals surface area contributed by atoms with Crippen LogP contribution in [0.5, 0.6) is 0 Å². The summed E-state index contributed by atoms with van der Waals surface area (Å²) >= 11 is 0. The molecule has 23 heavy (non-hydrogen) atoms. The van der Waals surface area contributed by atoms with Crippen LogP contribution in [-0.4, -0.2) is 56.6 Å². The van der Waals surface area contributed by atoms with Gasteiger partial charge in [-0.15, -0.1) is 0 Å². The minimum Gasteiger partial charge on any atom is -0.342 e. The number of nitrogens with zero attached hydrogens (tertiary/aromatic N) is 4. The van der Waals surface area contributed by atoms with E-state index in [4.69, 9.17) is 0 Å². The second-order valence-corrected chi connectivity index (χ2v) is 7.22. The first kappa shape index (κ1) is 14.7. The molecule has 124 valence electrons. The van der Waals surface area contributed by atoms with Crippen LogP contribution in [-0.2, 0) is 16.1 Å². The zero-order valence-corrected chi connectivity index (χ0v) is 13.6. The van der Waals surface area contributed by atoms with Crippen LogP contribution >= 0.6 is 0 Å². The molecular formula is C17H24N4O2. The lowest BCUT2D eigenvalue weighted by Gasteiger charge is -2.38. The third-order valence-electron chi connectivity index (χ3n) is 5.58. The van der Waals surface area contributed by atoms with Gasteiger partial charge >= 0.3 is 0 Å². The third-order valence-corrected chi connectivity index (χ3v) is 5.58. The molecule has 0 bridgehead atoms. The van der Waals surface area contributed by atoms with Crippen LogP contribution in [0.1, 0.15) is 32.6 Å². The Morgan fingerprint density at radius 3 is 2.74 bits per heavy atom. The van der Waals surface area contributed by atoms with E-state index in [0.717, 1.165) is 45.3 Å². The first-order chi connectivity index (χ1) is 11.1. The maximum atomic E-state index is 12.3. The Hall–Kier alpha value is -1.85. The van der Waals surface area contributed by atoms with Crippen molar-refractivity contribution in [3.05, 3.63) is 18.5 Å². The first-order valence-corrected chi connectivity index (χ1v) is 8.68. The number of carbonyl (C=O) groups is 2. The highest BCUT2D eigenvalue weighted by molar-refractivity contribution is 5.81.